The lowest BCUT2D eigenvalue weighted by atomic mass is 10.2. The molecule has 0 aliphatic heterocycles. The van der Waals surface area contributed by atoms with E-state index in [0.717, 1.165) is 17.7 Å². The predicted octanol–water partition coefficient (Wildman–Crippen LogP) is 1.70. The van der Waals surface area contributed by atoms with E-state index in [-0.39, 0.29) is 5.75 Å². The molecule has 88 valence electrons. The summed E-state index contributed by atoms with van der Waals surface area (Å²) in [6, 6.07) is 9.04. The van der Waals surface area contributed by atoms with E-state index in [1.54, 1.807) is 24.4 Å². The third-order valence-electron chi connectivity index (χ3n) is 2.51. The summed E-state index contributed by atoms with van der Waals surface area (Å²) in [6.45, 7) is 1.53. The van der Waals surface area contributed by atoms with Crippen molar-refractivity contribution in [2.45, 2.75) is 13.1 Å². The van der Waals surface area contributed by atoms with Gasteiger partial charge >= 0.3 is 0 Å². The number of benzene rings is 1. The van der Waals surface area contributed by atoms with Gasteiger partial charge in [0.05, 0.1) is 0 Å². The Labute approximate surface area is 105 Å². The fourth-order valence-corrected chi connectivity index (χ4v) is 1.83. The van der Waals surface area contributed by atoms with E-state index in [9.17, 15) is 5.11 Å². The molecule has 1 heterocycles. The van der Waals surface area contributed by atoms with Crippen LogP contribution < -0.4 is 5.32 Å². The van der Waals surface area contributed by atoms with Gasteiger partial charge < -0.3 is 10.4 Å². The highest BCUT2D eigenvalue weighted by Gasteiger charge is 2.04. The molecule has 3 nitrogen and oxygen atoms in total. The summed E-state index contributed by atoms with van der Waals surface area (Å²) in [6.07, 6.45) is 3.60. The molecule has 0 fully saturated rings. The molecule has 0 saturated heterocycles. The monoisotopic (exact) mass is 249 g/mol. The Bertz CT molecular complexity index is 488. The zero-order valence-electron chi connectivity index (χ0n) is 9.31. The van der Waals surface area contributed by atoms with Crippen LogP contribution >= 0.6 is 11.6 Å². The molecule has 0 radical (unpaired) electrons. The maximum absolute atomic E-state index is 9.64. The van der Waals surface area contributed by atoms with Crippen LogP contribution in [-0.2, 0) is 13.1 Å². The van der Waals surface area contributed by atoms with Gasteiger partial charge in [0.15, 0.2) is 0 Å². The number of phenolic OH excluding ortho intramolecular Hbond substituents is 1. The molecule has 0 atom stereocenters. The molecule has 4 heteroatoms. The molecule has 1 aromatic heterocycles. The topological polar surface area (TPSA) is 49.7 Å². The van der Waals surface area contributed by atoms with Crippen molar-refractivity contribution in [3.63, 3.8) is 0 Å². The number of nitrogens with two attached hydrogens (primary N) is 1. The molecule has 2 aromatic rings. The first-order valence-electron chi connectivity index (χ1n) is 5.43. The Kier molecular flexibility index (Phi) is 3.96. The van der Waals surface area contributed by atoms with Gasteiger partial charge in [-0.3, -0.25) is 4.98 Å². The third-order valence-corrected chi connectivity index (χ3v) is 2.74. The van der Waals surface area contributed by atoms with E-state index in [4.69, 9.17) is 11.6 Å². The molecular formula is C13H14ClN2O+. The largest absolute Gasteiger partial charge is 0.507 e. The van der Waals surface area contributed by atoms with E-state index in [0.29, 0.717) is 11.6 Å². The first-order valence-corrected chi connectivity index (χ1v) is 5.81. The number of quaternary nitrogens is 1. The molecule has 0 spiro atoms. The van der Waals surface area contributed by atoms with E-state index in [2.05, 4.69) is 10.3 Å². The first-order chi connectivity index (χ1) is 8.25. The number of aromatic hydroxyl groups is 1. The van der Waals surface area contributed by atoms with Crippen molar-refractivity contribution in [3.8, 4) is 5.75 Å². The van der Waals surface area contributed by atoms with Gasteiger partial charge in [0.1, 0.15) is 18.8 Å². The second kappa shape index (κ2) is 5.66. The van der Waals surface area contributed by atoms with Crippen LogP contribution in [0.2, 0.25) is 5.02 Å². The van der Waals surface area contributed by atoms with E-state index < -0.39 is 0 Å². The zero-order valence-corrected chi connectivity index (χ0v) is 10.1. The van der Waals surface area contributed by atoms with Crippen LogP contribution in [0.5, 0.6) is 5.75 Å². The Morgan fingerprint density at radius 3 is 2.88 bits per heavy atom. The summed E-state index contributed by atoms with van der Waals surface area (Å²) in [4.78, 5) is 4.05. The highest BCUT2D eigenvalue weighted by Crippen LogP contribution is 2.20. The molecule has 0 aliphatic carbocycles. The van der Waals surface area contributed by atoms with E-state index in [1.165, 1.54) is 0 Å². The number of phenols is 1. The molecule has 0 aliphatic rings. The number of rotatable bonds is 4. The number of hydrogen-bond donors (Lipinski definition) is 2. The molecule has 0 bridgehead atoms. The highest BCUT2D eigenvalue weighted by atomic mass is 35.5. The Morgan fingerprint density at radius 1 is 1.24 bits per heavy atom. The van der Waals surface area contributed by atoms with Crippen molar-refractivity contribution in [1.82, 2.24) is 4.98 Å². The fraction of sp³-hybridized carbons (Fsp3) is 0.154. The molecule has 0 amide bonds. The lowest BCUT2D eigenvalue weighted by molar-refractivity contribution is -0.686. The predicted molar refractivity (Wildman–Crippen MR) is 66.7 cm³/mol. The summed E-state index contributed by atoms with van der Waals surface area (Å²) < 4.78 is 0. The van der Waals surface area contributed by atoms with Crippen LogP contribution in [0.3, 0.4) is 0 Å². The Balaban J connectivity index is 1.92. The molecule has 17 heavy (non-hydrogen) atoms. The van der Waals surface area contributed by atoms with Crippen molar-refractivity contribution < 1.29 is 10.4 Å². The summed E-state index contributed by atoms with van der Waals surface area (Å²) in [5.41, 5.74) is 2.01. The fourth-order valence-electron chi connectivity index (χ4n) is 1.63. The minimum atomic E-state index is 0.289. The van der Waals surface area contributed by atoms with Gasteiger partial charge in [0.2, 0.25) is 0 Å². The summed E-state index contributed by atoms with van der Waals surface area (Å²) >= 11 is 5.88. The maximum Gasteiger partial charge on any atom is 0.124 e. The number of aromatic nitrogens is 1. The summed E-state index contributed by atoms with van der Waals surface area (Å²) in [5.74, 6) is 0.289. The van der Waals surface area contributed by atoms with Gasteiger partial charge in [0, 0.05) is 28.5 Å². The smallest absolute Gasteiger partial charge is 0.124 e. The summed E-state index contributed by atoms with van der Waals surface area (Å²) in [5, 5.41) is 12.4. The molecule has 0 saturated carbocycles. The van der Waals surface area contributed by atoms with Gasteiger partial charge in [0.25, 0.3) is 0 Å². The number of halogens is 1. The number of hydrogen-bond acceptors (Lipinski definition) is 2. The van der Waals surface area contributed by atoms with Crippen LogP contribution in [-0.4, -0.2) is 10.1 Å². The molecular weight excluding hydrogens is 236 g/mol. The Hall–Kier alpha value is -1.58. The SMILES string of the molecule is Oc1ccc(Cl)cc1C[NH2+]Cc1cccnc1. The quantitative estimate of drug-likeness (QED) is 0.867. The average molecular weight is 250 g/mol. The maximum atomic E-state index is 9.64. The van der Waals surface area contributed by atoms with Crippen LogP contribution in [0.4, 0.5) is 0 Å². The number of pyridine rings is 1. The van der Waals surface area contributed by atoms with Crippen LogP contribution in [0.15, 0.2) is 42.7 Å². The van der Waals surface area contributed by atoms with Gasteiger partial charge in [-0.05, 0) is 24.3 Å². The second-order valence-corrected chi connectivity index (χ2v) is 4.27. The van der Waals surface area contributed by atoms with Gasteiger partial charge in [-0.25, -0.2) is 0 Å². The molecule has 2 rings (SSSR count). The number of nitrogens with zero attached hydrogens (tertiary/aromatic N) is 1. The van der Waals surface area contributed by atoms with Gasteiger partial charge in [-0.15, -0.1) is 0 Å². The summed E-state index contributed by atoms with van der Waals surface area (Å²) in [7, 11) is 0. The third kappa shape index (κ3) is 3.44. The lowest BCUT2D eigenvalue weighted by Gasteiger charge is -2.04. The minimum absolute atomic E-state index is 0.289. The lowest BCUT2D eigenvalue weighted by Crippen LogP contribution is -2.80. The Morgan fingerprint density at radius 2 is 2.12 bits per heavy atom. The van der Waals surface area contributed by atoms with Gasteiger partial charge in [-0.1, -0.05) is 17.7 Å². The van der Waals surface area contributed by atoms with Crippen LogP contribution in [0, 0.1) is 0 Å². The standard InChI is InChI=1S/C13H13ClN2O/c14-12-3-4-13(17)11(6-12)9-16-8-10-2-1-5-15-7-10/h1-7,16-17H,8-9H2/p+1. The van der Waals surface area contributed by atoms with Crippen molar-refractivity contribution >= 4 is 11.6 Å². The zero-order chi connectivity index (χ0) is 12.1. The van der Waals surface area contributed by atoms with Crippen molar-refractivity contribution in [2.24, 2.45) is 0 Å². The highest BCUT2D eigenvalue weighted by molar-refractivity contribution is 6.30. The van der Waals surface area contributed by atoms with Crippen molar-refractivity contribution in [2.75, 3.05) is 0 Å². The van der Waals surface area contributed by atoms with E-state index in [1.807, 2.05) is 18.3 Å². The van der Waals surface area contributed by atoms with Gasteiger partial charge in [-0.2, -0.15) is 0 Å². The second-order valence-electron chi connectivity index (χ2n) is 3.83. The van der Waals surface area contributed by atoms with Crippen LogP contribution in [0.25, 0.3) is 0 Å². The van der Waals surface area contributed by atoms with E-state index >= 15 is 0 Å². The van der Waals surface area contributed by atoms with Crippen molar-refractivity contribution in [1.29, 1.82) is 0 Å². The molecule has 0 unspecified atom stereocenters. The minimum Gasteiger partial charge on any atom is -0.507 e. The average Bonchev–Trinajstić information content (AvgIpc) is 2.35. The molecule has 3 N–H and O–H groups in total. The van der Waals surface area contributed by atoms with Crippen molar-refractivity contribution in [3.05, 3.63) is 58.9 Å². The van der Waals surface area contributed by atoms with Crippen LogP contribution in [0.1, 0.15) is 11.1 Å². The normalized spacial score (nSPS) is 10.4. The first kappa shape index (κ1) is 11.9. The molecule has 1 aromatic carbocycles.